The maximum absolute atomic E-state index is 13.5. The Morgan fingerprint density at radius 1 is 1.00 bits per heavy atom. The average molecular weight is 263 g/mol. The summed E-state index contributed by atoms with van der Waals surface area (Å²) in [7, 11) is 0. The molecule has 2 aromatic carbocycles. The van der Waals surface area contributed by atoms with Gasteiger partial charge >= 0.3 is 0 Å². The van der Waals surface area contributed by atoms with Gasteiger partial charge in [0.05, 0.1) is 6.61 Å². The van der Waals surface area contributed by atoms with Crippen molar-refractivity contribution >= 4 is 5.69 Å². The second-order valence-electron chi connectivity index (χ2n) is 3.99. The lowest BCUT2D eigenvalue weighted by Gasteiger charge is -2.12. The summed E-state index contributed by atoms with van der Waals surface area (Å²) in [6, 6.07) is 11.2. The van der Waals surface area contributed by atoms with Crippen LogP contribution in [-0.4, -0.2) is 6.61 Å². The van der Waals surface area contributed by atoms with Crippen molar-refractivity contribution < 1.29 is 13.5 Å². The predicted molar refractivity (Wildman–Crippen MR) is 71.3 cm³/mol. The third-order valence-corrected chi connectivity index (χ3v) is 2.69. The van der Waals surface area contributed by atoms with E-state index in [2.05, 4.69) is 5.32 Å². The van der Waals surface area contributed by atoms with Gasteiger partial charge in [0.1, 0.15) is 23.1 Å². The molecule has 0 aliphatic rings. The minimum Gasteiger partial charge on any atom is -0.494 e. The van der Waals surface area contributed by atoms with Gasteiger partial charge in [-0.25, -0.2) is 8.78 Å². The van der Waals surface area contributed by atoms with Gasteiger partial charge < -0.3 is 10.1 Å². The van der Waals surface area contributed by atoms with Crippen LogP contribution in [0.3, 0.4) is 0 Å². The molecule has 0 aliphatic carbocycles. The maximum Gasteiger partial charge on any atom is 0.149 e. The molecule has 100 valence electrons. The van der Waals surface area contributed by atoms with Gasteiger partial charge in [-0.3, -0.25) is 0 Å². The van der Waals surface area contributed by atoms with Crippen molar-refractivity contribution in [2.75, 3.05) is 11.9 Å². The first-order valence-corrected chi connectivity index (χ1v) is 6.11. The van der Waals surface area contributed by atoms with E-state index in [1.165, 1.54) is 18.2 Å². The van der Waals surface area contributed by atoms with Crippen molar-refractivity contribution in [1.82, 2.24) is 0 Å². The molecule has 0 bridgehead atoms. The molecule has 0 aromatic heterocycles. The average Bonchev–Trinajstić information content (AvgIpc) is 2.40. The van der Waals surface area contributed by atoms with Crippen molar-refractivity contribution in [3.05, 3.63) is 59.7 Å². The van der Waals surface area contributed by atoms with Crippen LogP contribution in [0.25, 0.3) is 0 Å². The summed E-state index contributed by atoms with van der Waals surface area (Å²) in [5, 5.41) is 2.77. The summed E-state index contributed by atoms with van der Waals surface area (Å²) in [6.45, 7) is 2.74. The standard InChI is InChI=1S/C15H15F2NO/c1-2-19-14-9-4-3-6-11(14)10-18-15-12(16)7-5-8-13(15)17/h3-9,18H,2,10H2,1H3. The molecule has 2 aromatic rings. The van der Waals surface area contributed by atoms with Crippen LogP contribution in [0, 0.1) is 11.6 Å². The molecule has 0 heterocycles. The predicted octanol–water partition coefficient (Wildman–Crippen LogP) is 3.98. The topological polar surface area (TPSA) is 21.3 Å². The third kappa shape index (κ3) is 3.22. The monoisotopic (exact) mass is 263 g/mol. The van der Waals surface area contributed by atoms with Gasteiger partial charge in [-0.15, -0.1) is 0 Å². The number of hydrogen-bond acceptors (Lipinski definition) is 2. The molecule has 0 saturated carbocycles. The normalized spacial score (nSPS) is 10.3. The van der Waals surface area contributed by atoms with Crippen LogP contribution in [0.15, 0.2) is 42.5 Å². The zero-order valence-corrected chi connectivity index (χ0v) is 10.6. The van der Waals surface area contributed by atoms with E-state index in [1.807, 2.05) is 31.2 Å². The molecule has 0 atom stereocenters. The molecular weight excluding hydrogens is 248 g/mol. The van der Waals surface area contributed by atoms with Crippen molar-refractivity contribution in [2.24, 2.45) is 0 Å². The molecule has 0 amide bonds. The molecular formula is C15H15F2NO. The first kappa shape index (κ1) is 13.3. The molecule has 0 unspecified atom stereocenters. The highest BCUT2D eigenvalue weighted by Crippen LogP contribution is 2.22. The SMILES string of the molecule is CCOc1ccccc1CNc1c(F)cccc1F. The van der Waals surface area contributed by atoms with Gasteiger partial charge in [-0.1, -0.05) is 24.3 Å². The third-order valence-electron chi connectivity index (χ3n) is 2.69. The number of nitrogens with one attached hydrogen (secondary N) is 1. The number of ether oxygens (including phenoxy) is 1. The number of halogens is 2. The Hall–Kier alpha value is -2.10. The quantitative estimate of drug-likeness (QED) is 0.881. The Labute approximate surface area is 111 Å². The second-order valence-corrected chi connectivity index (χ2v) is 3.99. The molecule has 0 aliphatic heterocycles. The van der Waals surface area contributed by atoms with Gasteiger partial charge in [0.2, 0.25) is 0 Å². The summed E-state index contributed by atoms with van der Waals surface area (Å²) in [6.07, 6.45) is 0. The summed E-state index contributed by atoms with van der Waals surface area (Å²) in [5.74, 6) is -0.489. The van der Waals surface area contributed by atoms with E-state index in [0.29, 0.717) is 18.9 Å². The van der Waals surface area contributed by atoms with Crippen molar-refractivity contribution in [3.8, 4) is 5.75 Å². The number of anilines is 1. The minimum absolute atomic E-state index is 0.117. The largest absolute Gasteiger partial charge is 0.494 e. The lowest BCUT2D eigenvalue weighted by Crippen LogP contribution is -2.05. The van der Waals surface area contributed by atoms with Gasteiger partial charge in [0.15, 0.2) is 0 Å². The zero-order chi connectivity index (χ0) is 13.7. The second kappa shape index (κ2) is 6.18. The molecule has 0 fully saturated rings. The molecule has 2 nitrogen and oxygen atoms in total. The Morgan fingerprint density at radius 3 is 2.37 bits per heavy atom. The number of benzene rings is 2. The number of rotatable bonds is 5. The van der Waals surface area contributed by atoms with E-state index < -0.39 is 11.6 Å². The number of para-hydroxylation sites is 2. The summed E-state index contributed by atoms with van der Waals surface area (Å²) < 4.78 is 32.4. The molecule has 2 rings (SSSR count). The lowest BCUT2D eigenvalue weighted by atomic mass is 10.2. The Morgan fingerprint density at radius 2 is 1.68 bits per heavy atom. The highest BCUT2D eigenvalue weighted by Gasteiger charge is 2.09. The van der Waals surface area contributed by atoms with Gasteiger partial charge in [0, 0.05) is 12.1 Å². The van der Waals surface area contributed by atoms with Crippen molar-refractivity contribution in [3.63, 3.8) is 0 Å². The van der Waals surface area contributed by atoms with E-state index in [0.717, 1.165) is 5.56 Å². The summed E-state index contributed by atoms with van der Waals surface area (Å²) in [4.78, 5) is 0. The molecule has 0 spiro atoms. The van der Waals surface area contributed by atoms with Gasteiger partial charge in [0.25, 0.3) is 0 Å². The zero-order valence-electron chi connectivity index (χ0n) is 10.6. The molecule has 0 radical (unpaired) electrons. The highest BCUT2D eigenvalue weighted by molar-refractivity contribution is 5.47. The Bertz CT molecular complexity index is 537. The molecule has 0 saturated heterocycles. The van der Waals surface area contributed by atoms with E-state index >= 15 is 0 Å². The van der Waals surface area contributed by atoms with Crippen LogP contribution >= 0.6 is 0 Å². The van der Waals surface area contributed by atoms with E-state index in [1.54, 1.807) is 0 Å². The first-order chi connectivity index (χ1) is 9.22. The smallest absolute Gasteiger partial charge is 0.149 e. The maximum atomic E-state index is 13.5. The van der Waals surface area contributed by atoms with E-state index in [-0.39, 0.29) is 5.69 Å². The fraction of sp³-hybridized carbons (Fsp3) is 0.200. The Balaban J connectivity index is 2.15. The van der Waals surface area contributed by atoms with Gasteiger partial charge in [-0.2, -0.15) is 0 Å². The highest BCUT2D eigenvalue weighted by atomic mass is 19.1. The molecule has 4 heteroatoms. The number of hydrogen-bond donors (Lipinski definition) is 1. The summed E-state index contributed by atoms with van der Waals surface area (Å²) >= 11 is 0. The van der Waals surface area contributed by atoms with Crippen LogP contribution in [0.2, 0.25) is 0 Å². The minimum atomic E-state index is -0.603. The summed E-state index contributed by atoms with van der Waals surface area (Å²) in [5.41, 5.74) is 0.737. The molecule has 19 heavy (non-hydrogen) atoms. The van der Waals surface area contributed by atoms with Crippen LogP contribution in [0.1, 0.15) is 12.5 Å². The van der Waals surface area contributed by atoms with Crippen LogP contribution < -0.4 is 10.1 Å². The van der Waals surface area contributed by atoms with Crippen LogP contribution in [0.5, 0.6) is 5.75 Å². The molecule has 1 N–H and O–H groups in total. The van der Waals surface area contributed by atoms with Gasteiger partial charge in [-0.05, 0) is 25.1 Å². The Kier molecular flexibility index (Phi) is 4.34. The van der Waals surface area contributed by atoms with Crippen LogP contribution in [-0.2, 0) is 6.54 Å². The van der Waals surface area contributed by atoms with Crippen molar-refractivity contribution in [1.29, 1.82) is 0 Å². The fourth-order valence-corrected chi connectivity index (χ4v) is 1.80. The van der Waals surface area contributed by atoms with Crippen molar-refractivity contribution in [2.45, 2.75) is 13.5 Å². The van der Waals surface area contributed by atoms with E-state index in [9.17, 15) is 8.78 Å². The fourth-order valence-electron chi connectivity index (χ4n) is 1.80. The first-order valence-electron chi connectivity index (χ1n) is 6.11. The van der Waals surface area contributed by atoms with Crippen LogP contribution in [0.4, 0.5) is 14.5 Å². The van der Waals surface area contributed by atoms with E-state index in [4.69, 9.17) is 4.74 Å². The lowest BCUT2D eigenvalue weighted by molar-refractivity contribution is 0.337.